The summed E-state index contributed by atoms with van der Waals surface area (Å²) in [6.45, 7) is 2.08. The second-order valence-corrected chi connectivity index (χ2v) is 4.59. The highest BCUT2D eigenvalue weighted by atomic mass is 19.1. The molecule has 17 heavy (non-hydrogen) atoms. The number of hydrogen-bond donors (Lipinski definition) is 1. The molecule has 1 atom stereocenters. The maximum absolute atomic E-state index is 13.7. The summed E-state index contributed by atoms with van der Waals surface area (Å²) < 4.78 is 25.1. The monoisotopic (exact) mass is 237 g/mol. The van der Waals surface area contributed by atoms with Crippen LogP contribution in [0.3, 0.4) is 0 Å². The van der Waals surface area contributed by atoms with Crippen molar-refractivity contribution in [2.75, 3.05) is 19.8 Å². The van der Waals surface area contributed by atoms with E-state index in [9.17, 15) is 4.39 Å². The minimum atomic E-state index is -0.488. The van der Waals surface area contributed by atoms with Gasteiger partial charge in [-0.25, -0.2) is 4.39 Å². The highest BCUT2D eigenvalue weighted by Crippen LogP contribution is 2.37. The Morgan fingerprint density at radius 2 is 2.00 bits per heavy atom. The Kier molecular flexibility index (Phi) is 2.86. The Morgan fingerprint density at radius 3 is 2.76 bits per heavy atom. The van der Waals surface area contributed by atoms with Crippen molar-refractivity contribution in [1.29, 1.82) is 0 Å². The van der Waals surface area contributed by atoms with E-state index in [0.29, 0.717) is 25.2 Å². The van der Waals surface area contributed by atoms with Crippen LogP contribution in [0.15, 0.2) is 24.3 Å². The first-order valence-electron chi connectivity index (χ1n) is 6.05. The van der Waals surface area contributed by atoms with Crippen LogP contribution in [0, 0.1) is 5.82 Å². The lowest BCUT2D eigenvalue weighted by Crippen LogP contribution is -2.44. The highest BCUT2D eigenvalue weighted by molar-refractivity contribution is 5.22. The Morgan fingerprint density at radius 1 is 1.24 bits per heavy atom. The van der Waals surface area contributed by atoms with Gasteiger partial charge in [-0.05, 0) is 6.07 Å². The van der Waals surface area contributed by atoms with Crippen LogP contribution in [0.5, 0.6) is 0 Å². The molecule has 1 unspecified atom stereocenters. The van der Waals surface area contributed by atoms with E-state index in [1.165, 1.54) is 6.07 Å². The van der Waals surface area contributed by atoms with Crippen molar-refractivity contribution >= 4 is 0 Å². The lowest BCUT2D eigenvalue weighted by atomic mass is 9.92. The molecule has 2 heterocycles. The van der Waals surface area contributed by atoms with Crippen molar-refractivity contribution in [3.05, 3.63) is 35.6 Å². The van der Waals surface area contributed by atoms with Crippen molar-refractivity contribution in [2.45, 2.75) is 24.7 Å². The zero-order valence-corrected chi connectivity index (χ0v) is 9.62. The maximum Gasteiger partial charge on any atom is 0.171 e. The van der Waals surface area contributed by atoms with E-state index >= 15 is 0 Å². The van der Waals surface area contributed by atoms with Crippen LogP contribution in [0.1, 0.15) is 24.4 Å². The number of benzene rings is 1. The molecule has 3 nitrogen and oxygen atoms in total. The summed E-state index contributed by atoms with van der Waals surface area (Å²) in [5.41, 5.74) is 0.700. The number of piperidine rings is 1. The zero-order chi connectivity index (χ0) is 11.7. The summed E-state index contributed by atoms with van der Waals surface area (Å²) in [6.07, 6.45) is 1.51. The van der Waals surface area contributed by atoms with E-state index in [1.54, 1.807) is 6.07 Å². The molecule has 0 aromatic heterocycles. The Hall–Kier alpha value is -0.970. The van der Waals surface area contributed by atoms with Crippen molar-refractivity contribution in [2.24, 2.45) is 0 Å². The predicted molar refractivity (Wildman–Crippen MR) is 61.0 cm³/mol. The number of hydrogen-bond acceptors (Lipinski definition) is 3. The van der Waals surface area contributed by atoms with Gasteiger partial charge < -0.3 is 14.8 Å². The number of rotatable bonds is 1. The SMILES string of the molecule is Fc1ccccc1C1CC2(CCN1)OCCO2. The van der Waals surface area contributed by atoms with Crippen LogP contribution < -0.4 is 5.32 Å². The molecule has 2 saturated heterocycles. The minimum absolute atomic E-state index is 0.0250. The lowest BCUT2D eigenvalue weighted by Gasteiger charge is -2.37. The van der Waals surface area contributed by atoms with E-state index in [4.69, 9.17) is 9.47 Å². The first-order chi connectivity index (χ1) is 8.29. The summed E-state index contributed by atoms with van der Waals surface area (Å²) in [5, 5.41) is 3.33. The Labute approximate surface area is 99.9 Å². The molecule has 0 saturated carbocycles. The molecule has 3 rings (SSSR count). The highest BCUT2D eigenvalue weighted by Gasteiger charge is 2.42. The van der Waals surface area contributed by atoms with Crippen LogP contribution in [0.2, 0.25) is 0 Å². The molecule has 0 amide bonds. The van der Waals surface area contributed by atoms with Gasteiger partial charge in [0.25, 0.3) is 0 Å². The van der Waals surface area contributed by atoms with E-state index in [-0.39, 0.29) is 11.9 Å². The molecule has 4 heteroatoms. The van der Waals surface area contributed by atoms with Gasteiger partial charge in [0.05, 0.1) is 13.2 Å². The molecule has 0 radical (unpaired) electrons. The second-order valence-electron chi connectivity index (χ2n) is 4.59. The van der Waals surface area contributed by atoms with Gasteiger partial charge in [0.2, 0.25) is 0 Å². The molecule has 1 aromatic rings. The van der Waals surface area contributed by atoms with Crippen molar-refractivity contribution in [3.63, 3.8) is 0 Å². The molecular weight excluding hydrogens is 221 g/mol. The van der Waals surface area contributed by atoms with E-state index in [2.05, 4.69) is 5.32 Å². The summed E-state index contributed by atoms with van der Waals surface area (Å²) in [7, 11) is 0. The average molecular weight is 237 g/mol. The van der Waals surface area contributed by atoms with Gasteiger partial charge in [0, 0.05) is 31.0 Å². The molecule has 2 aliphatic rings. The molecule has 2 aliphatic heterocycles. The van der Waals surface area contributed by atoms with Crippen molar-refractivity contribution < 1.29 is 13.9 Å². The molecule has 1 aromatic carbocycles. The smallest absolute Gasteiger partial charge is 0.171 e. The largest absolute Gasteiger partial charge is 0.347 e. The average Bonchev–Trinajstić information content (AvgIpc) is 2.78. The molecular formula is C13H16FNO2. The van der Waals surface area contributed by atoms with Gasteiger partial charge in [-0.3, -0.25) is 0 Å². The van der Waals surface area contributed by atoms with Gasteiger partial charge in [0.1, 0.15) is 5.82 Å². The van der Waals surface area contributed by atoms with E-state index in [0.717, 1.165) is 13.0 Å². The van der Waals surface area contributed by atoms with Gasteiger partial charge in [-0.2, -0.15) is 0 Å². The summed E-state index contributed by atoms with van der Waals surface area (Å²) in [6, 6.07) is 6.86. The fourth-order valence-corrected chi connectivity index (χ4v) is 2.66. The first kappa shape index (κ1) is 11.1. The Bertz CT molecular complexity index is 404. The van der Waals surface area contributed by atoms with Gasteiger partial charge in [0.15, 0.2) is 5.79 Å². The fourth-order valence-electron chi connectivity index (χ4n) is 2.66. The maximum atomic E-state index is 13.7. The van der Waals surface area contributed by atoms with E-state index in [1.807, 2.05) is 12.1 Å². The fraction of sp³-hybridized carbons (Fsp3) is 0.538. The number of ether oxygens (including phenoxy) is 2. The van der Waals surface area contributed by atoms with Crippen LogP contribution in [-0.4, -0.2) is 25.5 Å². The quantitative estimate of drug-likeness (QED) is 0.810. The van der Waals surface area contributed by atoms with Crippen LogP contribution in [-0.2, 0) is 9.47 Å². The third kappa shape index (κ3) is 2.08. The molecule has 2 fully saturated rings. The predicted octanol–water partition coefficient (Wildman–Crippen LogP) is 1.99. The van der Waals surface area contributed by atoms with Gasteiger partial charge in [-0.15, -0.1) is 0 Å². The summed E-state index contributed by atoms with van der Waals surface area (Å²) in [4.78, 5) is 0. The lowest BCUT2D eigenvalue weighted by molar-refractivity contribution is -0.180. The zero-order valence-electron chi connectivity index (χ0n) is 9.62. The third-order valence-electron chi connectivity index (χ3n) is 3.51. The van der Waals surface area contributed by atoms with Crippen LogP contribution in [0.4, 0.5) is 4.39 Å². The number of halogens is 1. The topological polar surface area (TPSA) is 30.5 Å². The van der Waals surface area contributed by atoms with Gasteiger partial charge >= 0.3 is 0 Å². The summed E-state index contributed by atoms with van der Waals surface area (Å²) in [5.74, 6) is -0.655. The van der Waals surface area contributed by atoms with Crippen LogP contribution in [0.25, 0.3) is 0 Å². The second kappa shape index (κ2) is 4.37. The minimum Gasteiger partial charge on any atom is -0.347 e. The Balaban J connectivity index is 1.82. The third-order valence-corrected chi connectivity index (χ3v) is 3.51. The standard InChI is InChI=1S/C13H16FNO2/c14-11-4-2-1-3-10(11)12-9-13(5-6-15-12)16-7-8-17-13/h1-4,12,15H,5-9H2. The molecule has 0 aliphatic carbocycles. The van der Waals surface area contributed by atoms with E-state index < -0.39 is 5.79 Å². The molecule has 1 N–H and O–H groups in total. The van der Waals surface area contributed by atoms with Crippen molar-refractivity contribution in [3.8, 4) is 0 Å². The molecule has 1 spiro atoms. The first-order valence-corrected chi connectivity index (χ1v) is 6.05. The van der Waals surface area contributed by atoms with Gasteiger partial charge in [-0.1, -0.05) is 18.2 Å². The number of nitrogens with one attached hydrogen (secondary N) is 1. The van der Waals surface area contributed by atoms with Crippen molar-refractivity contribution in [1.82, 2.24) is 5.32 Å². The normalized spacial score (nSPS) is 27.5. The molecule has 92 valence electrons. The summed E-state index contributed by atoms with van der Waals surface area (Å²) >= 11 is 0. The van der Waals surface area contributed by atoms with Crippen LogP contribution >= 0.6 is 0 Å². The molecule has 0 bridgehead atoms.